The summed E-state index contributed by atoms with van der Waals surface area (Å²) in [6.45, 7) is 2.00. The topological polar surface area (TPSA) is 93.8 Å². The number of pyridine rings is 1. The maximum Gasteiger partial charge on any atom is 0.267 e. The molecule has 112 valence electrons. The lowest BCUT2D eigenvalue weighted by molar-refractivity contribution is -0.113. The van der Waals surface area contributed by atoms with Gasteiger partial charge in [0.25, 0.3) is 5.89 Å². The van der Waals surface area contributed by atoms with Crippen LogP contribution in [0.3, 0.4) is 0 Å². The van der Waals surface area contributed by atoms with Crippen LogP contribution >= 0.6 is 11.8 Å². The fourth-order valence-electron chi connectivity index (χ4n) is 1.77. The fourth-order valence-corrected chi connectivity index (χ4v) is 2.23. The maximum absolute atomic E-state index is 11.7. The zero-order valence-corrected chi connectivity index (χ0v) is 12.6. The molecule has 0 unspecified atom stereocenters. The summed E-state index contributed by atoms with van der Waals surface area (Å²) in [4.78, 5) is 28.4. The summed E-state index contributed by atoms with van der Waals surface area (Å²) >= 11 is 1.54. The molecule has 0 saturated heterocycles. The van der Waals surface area contributed by atoms with Gasteiger partial charge in [0.05, 0.1) is 5.75 Å². The zero-order chi connectivity index (χ0) is 15.4. The third-order valence-electron chi connectivity index (χ3n) is 2.72. The fraction of sp³-hybridized carbons (Fsp3) is 0.214. The quantitative estimate of drug-likeness (QED) is 0.772. The van der Waals surface area contributed by atoms with E-state index in [0.717, 1.165) is 5.75 Å². The van der Waals surface area contributed by atoms with Crippen molar-refractivity contribution in [1.82, 2.24) is 19.9 Å². The Labute approximate surface area is 130 Å². The second kappa shape index (κ2) is 6.52. The van der Waals surface area contributed by atoms with Crippen LogP contribution in [-0.2, 0) is 4.79 Å². The largest absolute Gasteiger partial charge is 0.432 e. The monoisotopic (exact) mass is 315 g/mol. The number of hydrogen-bond acceptors (Lipinski definition) is 7. The number of aromatic nitrogens is 4. The number of rotatable bonds is 5. The first-order chi connectivity index (χ1) is 10.8. The van der Waals surface area contributed by atoms with Gasteiger partial charge in [-0.25, -0.2) is 15.0 Å². The van der Waals surface area contributed by atoms with E-state index < -0.39 is 0 Å². The highest BCUT2D eigenvalue weighted by Gasteiger charge is 2.12. The van der Waals surface area contributed by atoms with Crippen LogP contribution in [0.4, 0.5) is 5.82 Å². The van der Waals surface area contributed by atoms with E-state index in [-0.39, 0.29) is 11.8 Å². The number of carbonyl (C=O) groups is 1. The third kappa shape index (κ3) is 3.22. The first-order valence-electron chi connectivity index (χ1n) is 6.69. The number of nitrogens with one attached hydrogen (secondary N) is 1. The van der Waals surface area contributed by atoms with E-state index in [1.165, 1.54) is 0 Å². The van der Waals surface area contributed by atoms with Crippen LogP contribution in [0, 0.1) is 0 Å². The van der Waals surface area contributed by atoms with E-state index in [9.17, 15) is 4.79 Å². The number of carbonyl (C=O) groups excluding carboxylic acids is 1. The lowest BCUT2D eigenvalue weighted by atomic mass is 10.5. The van der Waals surface area contributed by atoms with Crippen molar-refractivity contribution in [3.63, 3.8) is 0 Å². The minimum Gasteiger partial charge on any atom is -0.432 e. The Hall–Kier alpha value is -2.48. The lowest BCUT2D eigenvalue weighted by Gasteiger charge is -2.03. The van der Waals surface area contributed by atoms with E-state index >= 15 is 0 Å². The smallest absolute Gasteiger partial charge is 0.267 e. The Balaban J connectivity index is 1.82. The molecular weight excluding hydrogens is 302 g/mol. The highest BCUT2D eigenvalue weighted by Crippen LogP contribution is 2.20. The molecule has 3 rings (SSSR count). The molecule has 1 N–H and O–H groups in total. The molecule has 1 amide bonds. The summed E-state index contributed by atoms with van der Waals surface area (Å²) in [5, 5.41) is 2.72. The van der Waals surface area contributed by atoms with Crippen LogP contribution in [-0.4, -0.2) is 37.3 Å². The Bertz CT molecular complexity index is 772. The first kappa shape index (κ1) is 14.5. The van der Waals surface area contributed by atoms with Gasteiger partial charge in [-0.3, -0.25) is 4.79 Å². The molecule has 0 radical (unpaired) electrons. The summed E-state index contributed by atoms with van der Waals surface area (Å²) in [5.41, 5.74) is 1.06. The van der Waals surface area contributed by atoms with Crippen LogP contribution < -0.4 is 5.32 Å². The Morgan fingerprint density at radius 3 is 3.00 bits per heavy atom. The molecule has 0 aliphatic heterocycles. The number of thioether (sulfide) groups is 1. The molecule has 0 fully saturated rings. The van der Waals surface area contributed by atoms with Crippen molar-refractivity contribution >= 4 is 34.7 Å². The van der Waals surface area contributed by atoms with Crippen LogP contribution in [0.5, 0.6) is 0 Å². The van der Waals surface area contributed by atoms with Crippen molar-refractivity contribution in [2.24, 2.45) is 0 Å². The highest BCUT2D eigenvalue weighted by atomic mass is 32.2. The standard InChI is InChI=1S/C14H13N5O2S/c1-2-22-8-11(20)17-10-5-7-16-13(18-10)14-19-12-9(21-14)4-3-6-15-12/h3-7H,2,8H2,1H3,(H,16,17,18,20). The Kier molecular flexibility index (Phi) is 4.29. The molecule has 0 aliphatic carbocycles. The molecule has 3 aromatic rings. The van der Waals surface area contributed by atoms with Gasteiger partial charge in [-0.15, -0.1) is 0 Å². The molecule has 0 aromatic carbocycles. The third-order valence-corrected chi connectivity index (χ3v) is 3.59. The van der Waals surface area contributed by atoms with Crippen molar-refractivity contribution in [2.75, 3.05) is 16.8 Å². The van der Waals surface area contributed by atoms with Gasteiger partial charge in [0.1, 0.15) is 5.82 Å². The van der Waals surface area contributed by atoms with Crippen molar-refractivity contribution in [1.29, 1.82) is 0 Å². The summed E-state index contributed by atoms with van der Waals surface area (Å²) in [6, 6.07) is 5.16. The number of oxazole rings is 1. The van der Waals surface area contributed by atoms with Crippen molar-refractivity contribution in [3.8, 4) is 11.7 Å². The van der Waals surface area contributed by atoms with Crippen molar-refractivity contribution in [2.45, 2.75) is 6.92 Å². The SMILES string of the molecule is CCSCC(=O)Nc1ccnc(-c2nc3ncccc3o2)n1. The number of hydrogen-bond donors (Lipinski definition) is 1. The zero-order valence-electron chi connectivity index (χ0n) is 11.8. The van der Waals surface area contributed by atoms with Crippen LogP contribution in [0.25, 0.3) is 22.9 Å². The average molecular weight is 315 g/mol. The molecule has 0 atom stereocenters. The van der Waals surface area contributed by atoms with E-state index in [4.69, 9.17) is 4.42 Å². The molecule has 22 heavy (non-hydrogen) atoms. The molecule has 3 aromatic heterocycles. The van der Waals surface area contributed by atoms with Crippen LogP contribution in [0.15, 0.2) is 35.0 Å². The van der Waals surface area contributed by atoms with Gasteiger partial charge in [-0.05, 0) is 24.0 Å². The molecule has 8 heteroatoms. The minimum absolute atomic E-state index is 0.101. The molecule has 0 bridgehead atoms. The van der Waals surface area contributed by atoms with Gasteiger partial charge in [0.2, 0.25) is 11.7 Å². The first-order valence-corrected chi connectivity index (χ1v) is 7.84. The molecule has 7 nitrogen and oxygen atoms in total. The van der Waals surface area contributed by atoms with Gasteiger partial charge in [0, 0.05) is 12.4 Å². The van der Waals surface area contributed by atoms with Crippen LogP contribution in [0.2, 0.25) is 0 Å². The Morgan fingerprint density at radius 1 is 1.27 bits per heavy atom. The van der Waals surface area contributed by atoms with Gasteiger partial charge in [-0.2, -0.15) is 16.7 Å². The maximum atomic E-state index is 11.7. The Morgan fingerprint density at radius 2 is 2.18 bits per heavy atom. The summed E-state index contributed by atoms with van der Waals surface area (Å²) in [5.74, 6) is 2.17. The van der Waals surface area contributed by atoms with E-state index in [1.54, 1.807) is 42.4 Å². The molecular formula is C14H13N5O2S. The molecule has 0 saturated carbocycles. The van der Waals surface area contributed by atoms with Gasteiger partial charge >= 0.3 is 0 Å². The second-order valence-corrected chi connectivity index (χ2v) is 5.57. The second-order valence-electron chi connectivity index (χ2n) is 4.29. The van der Waals surface area contributed by atoms with Crippen molar-refractivity contribution in [3.05, 3.63) is 30.6 Å². The van der Waals surface area contributed by atoms with Gasteiger partial charge in [0.15, 0.2) is 11.2 Å². The molecule has 0 spiro atoms. The normalized spacial score (nSPS) is 10.8. The summed E-state index contributed by atoms with van der Waals surface area (Å²) in [7, 11) is 0. The molecule has 0 aliphatic rings. The highest BCUT2D eigenvalue weighted by molar-refractivity contribution is 7.99. The number of amides is 1. The summed E-state index contributed by atoms with van der Waals surface area (Å²) < 4.78 is 5.56. The van der Waals surface area contributed by atoms with Crippen molar-refractivity contribution < 1.29 is 9.21 Å². The van der Waals surface area contributed by atoms with E-state index in [2.05, 4.69) is 25.3 Å². The average Bonchev–Trinajstić information content (AvgIpc) is 2.97. The lowest BCUT2D eigenvalue weighted by Crippen LogP contribution is -2.15. The van der Waals surface area contributed by atoms with E-state index in [1.807, 2.05) is 6.92 Å². The van der Waals surface area contributed by atoms with Gasteiger partial charge < -0.3 is 9.73 Å². The predicted molar refractivity (Wildman–Crippen MR) is 84.5 cm³/mol. The van der Waals surface area contributed by atoms with Gasteiger partial charge in [-0.1, -0.05) is 6.92 Å². The van der Waals surface area contributed by atoms with E-state index in [0.29, 0.717) is 28.6 Å². The predicted octanol–water partition coefficient (Wildman–Crippen LogP) is 2.37. The minimum atomic E-state index is -0.101. The molecule has 3 heterocycles. The number of fused-ring (bicyclic) bond motifs is 1. The summed E-state index contributed by atoms with van der Waals surface area (Å²) in [6.07, 6.45) is 3.19. The van der Waals surface area contributed by atoms with Crippen LogP contribution in [0.1, 0.15) is 6.92 Å². The number of anilines is 1. The number of nitrogens with zero attached hydrogens (tertiary/aromatic N) is 4.